The second kappa shape index (κ2) is 6.68. The number of aromatic nitrogens is 1. The SMILES string of the molecule is CCCc1nc(-c2ccc(OC)cc2)c(CCN)s1. The molecular weight excluding hydrogens is 256 g/mol. The number of ether oxygens (including phenoxy) is 1. The number of thiazole rings is 1. The first-order valence-corrected chi connectivity index (χ1v) is 7.43. The van der Waals surface area contributed by atoms with E-state index in [4.69, 9.17) is 15.5 Å². The Morgan fingerprint density at radius 3 is 2.53 bits per heavy atom. The van der Waals surface area contributed by atoms with E-state index in [2.05, 4.69) is 19.1 Å². The van der Waals surface area contributed by atoms with Crippen LogP contribution in [0.2, 0.25) is 0 Å². The van der Waals surface area contributed by atoms with Crippen LogP contribution >= 0.6 is 11.3 Å². The molecule has 0 aliphatic heterocycles. The smallest absolute Gasteiger partial charge is 0.118 e. The lowest BCUT2D eigenvalue weighted by molar-refractivity contribution is 0.415. The third kappa shape index (κ3) is 3.33. The van der Waals surface area contributed by atoms with Gasteiger partial charge in [-0.2, -0.15) is 0 Å². The van der Waals surface area contributed by atoms with Crippen molar-refractivity contribution < 1.29 is 4.74 Å². The van der Waals surface area contributed by atoms with Gasteiger partial charge in [0.25, 0.3) is 0 Å². The maximum atomic E-state index is 5.70. The van der Waals surface area contributed by atoms with E-state index in [9.17, 15) is 0 Å². The third-order valence-electron chi connectivity index (χ3n) is 2.94. The molecule has 0 spiro atoms. The predicted octanol–water partition coefficient (Wildman–Crippen LogP) is 3.27. The van der Waals surface area contributed by atoms with Crippen LogP contribution < -0.4 is 10.5 Å². The van der Waals surface area contributed by atoms with Gasteiger partial charge in [0.15, 0.2) is 0 Å². The van der Waals surface area contributed by atoms with Gasteiger partial charge in [-0.3, -0.25) is 0 Å². The molecule has 1 heterocycles. The molecule has 0 saturated heterocycles. The standard InChI is InChI=1S/C15H20N2OS/c1-3-4-14-17-15(13(19-14)9-10-16)11-5-7-12(18-2)8-6-11/h5-8H,3-4,9-10,16H2,1-2H3. The maximum absolute atomic E-state index is 5.70. The zero-order valence-corrected chi connectivity index (χ0v) is 12.3. The van der Waals surface area contributed by atoms with E-state index in [0.29, 0.717) is 6.54 Å². The Bertz CT molecular complexity index is 519. The molecular formula is C15H20N2OS. The van der Waals surface area contributed by atoms with E-state index >= 15 is 0 Å². The second-order valence-electron chi connectivity index (χ2n) is 4.40. The molecule has 0 bridgehead atoms. The number of benzene rings is 1. The summed E-state index contributed by atoms with van der Waals surface area (Å²) in [5.74, 6) is 0.869. The van der Waals surface area contributed by atoms with Gasteiger partial charge in [0, 0.05) is 10.4 Å². The summed E-state index contributed by atoms with van der Waals surface area (Å²) >= 11 is 1.79. The van der Waals surface area contributed by atoms with Crippen LogP contribution in [0.3, 0.4) is 0 Å². The summed E-state index contributed by atoms with van der Waals surface area (Å²) in [6.07, 6.45) is 3.05. The van der Waals surface area contributed by atoms with E-state index in [1.807, 2.05) is 12.1 Å². The van der Waals surface area contributed by atoms with Gasteiger partial charge in [-0.05, 0) is 50.1 Å². The lowest BCUT2D eigenvalue weighted by Gasteiger charge is -2.03. The van der Waals surface area contributed by atoms with E-state index < -0.39 is 0 Å². The number of aryl methyl sites for hydroxylation is 1. The molecule has 0 radical (unpaired) electrons. The molecule has 0 saturated carbocycles. The van der Waals surface area contributed by atoms with Crippen LogP contribution in [0.5, 0.6) is 5.75 Å². The monoisotopic (exact) mass is 276 g/mol. The highest BCUT2D eigenvalue weighted by Gasteiger charge is 2.12. The highest BCUT2D eigenvalue weighted by molar-refractivity contribution is 7.12. The lowest BCUT2D eigenvalue weighted by atomic mass is 10.1. The van der Waals surface area contributed by atoms with Crippen molar-refractivity contribution in [3.8, 4) is 17.0 Å². The molecule has 2 aromatic rings. The zero-order valence-electron chi connectivity index (χ0n) is 11.5. The number of nitrogens with two attached hydrogens (primary N) is 1. The molecule has 0 atom stereocenters. The van der Waals surface area contributed by atoms with Gasteiger partial charge < -0.3 is 10.5 Å². The molecule has 0 amide bonds. The molecule has 0 aliphatic rings. The molecule has 19 heavy (non-hydrogen) atoms. The molecule has 4 heteroatoms. The Morgan fingerprint density at radius 2 is 1.95 bits per heavy atom. The molecule has 1 aromatic carbocycles. The van der Waals surface area contributed by atoms with Crippen molar-refractivity contribution in [1.82, 2.24) is 4.98 Å². The molecule has 3 nitrogen and oxygen atoms in total. The summed E-state index contributed by atoms with van der Waals surface area (Å²) in [5.41, 5.74) is 7.92. The molecule has 0 aliphatic carbocycles. The Labute approximate surface area is 118 Å². The van der Waals surface area contributed by atoms with E-state index in [-0.39, 0.29) is 0 Å². The van der Waals surface area contributed by atoms with Gasteiger partial charge in [0.1, 0.15) is 5.75 Å². The van der Waals surface area contributed by atoms with Gasteiger partial charge in [-0.1, -0.05) is 6.92 Å². The highest BCUT2D eigenvalue weighted by Crippen LogP contribution is 2.30. The minimum Gasteiger partial charge on any atom is -0.497 e. The minimum absolute atomic E-state index is 0.664. The molecule has 1 aromatic heterocycles. The fourth-order valence-corrected chi connectivity index (χ4v) is 3.20. The van der Waals surface area contributed by atoms with Gasteiger partial charge >= 0.3 is 0 Å². The van der Waals surface area contributed by atoms with Crippen molar-refractivity contribution in [1.29, 1.82) is 0 Å². The number of methoxy groups -OCH3 is 1. The largest absolute Gasteiger partial charge is 0.497 e. The average molecular weight is 276 g/mol. The quantitative estimate of drug-likeness (QED) is 0.881. The van der Waals surface area contributed by atoms with Crippen molar-refractivity contribution in [3.05, 3.63) is 34.2 Å². The Hall–Kier alpha value is -1.39. The number of nitrogens with zero attached hydrogens (tertiary/aromatic N) is 1. The number of rotatable bonds is 6. The first kappa shape index (κ1) is 14.0. The summed E-state index contributed by atoms with van der Waals surface area (Å²) in [7, 11) is 1.68. The van der Waals surface area contributed by atoms with E-state index in [0.717, 1.165) is 36.3 Å². The van der Waals surface area contributed by atoms with Crippen LogP contribution in [0.4, 0.5) is 0 Å². The first-order chi connectivity index (χ1) is 9.28. The van der Waals surface area contributed by atoms with Crippen molar-refractivity contribution in [2.45, 2.75) is 26.2 Å². The summed E-state index contributed by atoms with van der Waals surface area (Å²) < 4.78 is 5.19. The van der Waals surface area contributed by atoms with Crippen molar-refractivity contribution >= 4 is 11.3 Å². The summed E-state index contributed by atoms with van der Waals surface area (Å²) in [6, 6.07) is 8.06. The normalized spacial score (nSPS) is 10.7. The summed E-state index contributed by atoms with van der Waals surface area (Å²) in [6.45, 7) is 2.84. The Morgan fingerprint density at radius 1 is 1.21 bits per heavy atom. The molecule has 0 fully saturated rings. The van der Waals surface area contributed by atoms with Crippen LogP contribution in [0.15, 0.2) is 24.3 Å². The van der Waals surface area contributed by atoms with Crippen LogP contribution in [-0.4, -0.2) is 18.6 Å². The van der Waals surface area contributed by atoms with Crippen molar-refractivity contribution in [2.24, 2.45) is 5.73 Å². The first-order valence-electron chi connectivity index (χ1n) is 6.61. The number of hydrogen-bond donors (Lipinski definition) is 1. The second-order valence-corrected chi connectivity index (χ2v) is 5.56. The summed E-state index contributed by atoms with van der Waals surface area (Å²) in [4.78, 5) is 6.05. The van der Waals surface area contributed by atoms with E-state index in [1.165, 1.54) is 9.88 Å². The average Bonchev–Trinajstić information content (AvgIpc) is 2.83. The van der Waals surface area contributed by atoms with Crippen LogP contribution in [0, 0.1) is 0 Å². The Balaban J connectivity index is 2.34. The van der Waals surface area contributed by atoms with Crippen molar-refractivity contribution in [3.63, 3.8) is 0 Å². The Kier molecular flexibility index (Phi) is 4.93. The van der Waals surface area contributed by atoms with Gasteiger partial charge in [-0.25, -0.2) is 4.98 Å². The fourth-order valence-electron chi connectivity index (χ4n) is 2.00. The van der Waals surface area contributed by atoms with Crippen LogP contribution in [-0.2, 0) is 12.8 Å². The lowest BCUT2D eigenvalue weighted by Crippen LogP contribution is -2.02. The highest BCUT2D eigenvalue weighted by atomic mass is 32.1. The predicted molar refractivity (Wildman–Crippen MR) is 80.9 cm³/mol. The van der Waals surface area contributed by atoms with Crippen LogP contribution in [0.1, 0.15) is 23.2 Å². The molecule has 102 valence electrons. The third-order valence-corrected chi connectivity index (χ3v) is 4.12. The van der Waals surface area contributed by atoms with Gasteiger partial charge in [-0.15, -0.1) is 11.3 Å². The number of hydrogen-bond acceptors (Lipinski definition) is 4. The molecule has 2 N–H and O–H groups in total. The summed E-state index contributed by atoms with van der Waals surface area (Å²) in [5, 5.41) is 1.21. The molecule has 2 rings (SSSR count). The van der Waals surface area contributed by atoms with Crippen molar-refractivity contribution in [2.75, 3.05) is 13.7 Å². The van der Waals surface area contributed by atoms with Gasteiger partial charge in [0.2, 0.25) is 0 Å². The topological polar surface area (TPSA) is 48.1 Å². The minimum atomic E-state index is 0.664. The maximum Gasteiger partial charge on any atom is 0.118 e. The van der Waals surface area contributed by atoms with E-state index in [1.54, 1.807) is 18.4 Å². The van der Waals surface area contributed by atoms with Crippen LogP contribution in [0.25, 0.3) is 11.3 Å². The fraction of sp³-hybridized carbons (Fsp3) is 0.400. The zero-order chi connectivity index (χ0) is 13.7. The van der Waals surface area contributed by atoms with Gasteiger partial charge in [0.05, 0.1) is 17.8 Å². The molecule has 0 unspecified atom stereocenters.